The summed E-state index contributed by atoms with van der Waals surface area (Å²) in [5, 5.41) is 14.2. The van der Waals surface area contributed by atoms with Crippen molar-refractivity contribution in [3.63, 3.8) is 0 Å². The molecule has 0 radical (unpaired) electrons. The maximum absolute atomic E-state index is 12.9. The normalized spacial score (nSPS) is 30.9. The number of carbonyl (C=O) groups is 1. The Kier molecular flexibility index (Phi) is 4.26. The predicted octanol–water partition coefficient (Wildman–Crippen LogP) is 5.19. The smallest absolute Gasteiger partial charge is 0.287 e. The fourth-order valence-corrected chi connectivity index (χ4v) is 6.52. The predicted molar refractivity (Wildman–Crippen MR) is 108 cm³/mol. The lowest BCUT2D eigenvalue weighted by Gasteiger charge is -2.59. The quantitative estimate of drug-likeness (QED) is 0.559. The van der Waals surface area contributed by atoms with E-state index in [2.05, 4.69) is 12.2 Å². The number of nitro benzene ring substituents is 1. The number of rotatable bonds is 5. The van der Waals surface area contributed by atoms with Gasteiger partial charge in [-0.2, -0.15) is 0 Å². The van der Waals surface area contributed by atoms with Crippen LogP contribution in [0.25, 0.3) is 11.3 Å². The fourth-order valence-electron chi connectivity index (χ4n) is 6.52. The third-order valence-electron chi connectivity index (χ3n) is 7.52. The monoisotopic (exact) mass is 394 g/mol. The van der Waals surface area contributed by atoms with Gasteiger partial charge in [0.15, 0.2) is 5.76 Å². The number of nitrogens with one attached hydrogen (secondary N) is 1. The molecule has 1 amide bonds. The zero-order valence-electron chi connectivity index (χ0n) is 16.6. The number of non-ortho nitro benzene ring substituents is 1. The Labute approximate surface area is 169 Å². The summed E-state index contributed by atoms with van der Waals surface area (Å²) in [6, 6.07) is 9.72. The molecule has 4 bridgehead atoms. The highest BCUT2D eigenvalue weighted by atomic mass is 16.6. The Bertz CT molecular complexity index is 928. The van der Waals surface area contributed by atoms with Gasteiger partial charge in [-0.25, -0.2) is 0 Å². The summed E-state index contributed by atoms with van der Waals surface area (Å²) >= 11 is 0. The van der Waals surface area contributed by atoms with E-state index in [1.165, 1.54) is 50.7 Å². The minimum absolute atomic E-state index is 0.000315. The van der Waals surface area contributed by atoms with Gasteiger partial charge in [-0.05, 0) is 80.8 Å². The zero-order chi connectivity index (χ0) is 20.2. The number of nitrogens with zero attached hydrogens (tertiary/aromatic N) is 1. The molecule has 4 aliphatic carbocycles. The average molecular weight is 394 g/mol. The van der Waals surface area contributed by atoms with E-state index in [4.69, 9.17) is 4.42 Å². The second-order valence-electron chi connectivity index (χ2n) is 9.45. The second-order valence-corrected chi connectivity index (χ2v) is 9.45. The number of amides is 1. The molecule has 4 aliphatic rings. The summed E-state index contributed by atoms with van der Waals surface area (Å²) in [6.07, 6.45) is 7.84. The minimum Gasteiger partial charge on any atom is -0.451 e. The van der Waals surface area contributed by atoms with Gasteiger partial charge in [0, 0.05) is 23.7 Å². The van der Waals surface area contributed by atoms with E-state index >= 15 is 0 Å². The second kappa shape index (κ2) is 6.71. The van der Waals surface area contributed by atoms with Gasteiger partial charge in [-0.1, -0.05) is 12.1 Å². The van der Waals surface area contributed by atoms with Crippen LogP contribution in [0.5, 0.6) is 0 Å². The third-order valence-corrected chi connectivity index (χ3v) is 7.52. The number of nitro groups is 1. The Balaban J connectivity index is 1.31. The zero-order valence-corrected chi connectivity index (χ0v) is 16.6. The van der Waals surface area contributed by atoms with Gasteiger partial charge in [0.2, 0.25) is 0 Å². The lowest BCUT2D eigenvalue weighted by Crippen LogP contribution is -2.55. The number of carbonyl (C=O) groups excluding carboxylic acids is 1. The summed E-state index contributed by atoms with van der Waals surface area (Å²) in [5.74, 6) is 3.02. The summed E-state index contributed by atoms with van der Waals surface area (Å²) in [7, 11) is 0. The molecule has 1 heterocycles. The molecule has 0 aliphatic heterocycles. The molecule has 1 aromatic carbocycles. The van der Waals surface area contributed by atoms with E-state index in [1.807, 2.05) is 0 Å². The molecule has 6 rings (SSSR count). The Morgan fingerprint density at radius 2 is 1.79 bits per heavy atom. The molecule has 0 spiro atoms. The van der Waals surface area contributed by atoms with Crippen LogP contribution in [-0.4, -0.2) is 16.9 Å². The van der Waals surface area contributed by atoms with Crippen molar-refractivity contribution in [2.24, 2.45) is 23.2 Å². The molecule has 4 saturated carbocycles. The molecule has 6 nitrogen and oxygen atoms in total. The van der Waals surface area contributed by atoms with Crippen LogP contribution in [0.3, 0.4) is 0 Å². The van der Waals surface area contributed by atoms with Gasteiger partial charge in [-0.3, -0.25) is 14.9 Å². The van der Waals surface area contributed by atoms with E-state index < -0.39 is 4.92 Å². The van der Waals surface area contributed by atoms with E-state index in [-0.39, 0.29) is 28.8 Å². The maximum Gasteiger partial charge on any atom is 0.287 e. The maximum atomic E-state index is 12.9. The van der Waals surface area contributed by atoms with E-state index in [1.54, 1.807) is 24.3 Å². The lowest BCUT2D eigenvalue weighted by atomic mass is 9.48. The summed E-state index contributed by atoms with van der Waals surface area (Å²) in [6.45, 7) is 2.15. The van der Waals surface area contributed by atoms with Gasteiger partial charge in [0.1, 0.15) is 5.76 Å². The number of hydrogen-bond acceptors (Lipinski definition) is 4. The molecule has 152 valence electrons. The average Bonchev–Trinajstić information content (AvgIpc) is 3.17. The van der Waals surface area contributed by atoms with Crippen molar-refractivity contribution < 1.29 is 14.1 Å². The van der Waals surface area contributed by atoms with E-state index in [9.17, 15) is 14.9 Å². The van der Waals surface area contributed by atoms with Crippen molar-refractivity contribution in [1.29, 1.82) is 0 Å². The lowest BCUT2D eigenvalue weighted by molar-refractivity contribution is -0.384. The summed E-state index contributed by atoms with van der Waals surface area (Å²) < 4.78 is 5.75. The molecule has 4 fully saturated rings. The molecule has 1 N–H and O–H groups in total. The van der Waals surface area contributed by atoms with Crippen molar-refractivity contribution in [3.8, 4) is 11.3 Å². The number of hydrogen-bond donors (Lipinski definition) is 1. The molecular formula is C23H26N2O4. The molecule has 1 unspecified atom stereocenters. The highest BCUT2D eigenvalue weighted by molar-refractivity contribution is 5.92. The summed E-state index contributed by atoms with van der Waals surface area (Å²) in [5.41, 5.74) is 0.826. The Morgan fingerprint density at radius 3 is 2.41 bits per heavy atom. The van der Waals surface area contributed by atoms with Crippen LogP contribution in [0.1, 0.15) is 56.0 Å². The van der Waals surface area contributed by atoms with Crippen LogP contribution in [0.4, 0.5) is 5.69 Å². The molecule has 29 heavy (non-hydrogen) atoms. The van der Waals surface area contributed by atoms with Crippen LogP contribution in [0.2, 0.25) is 0 Å². The third kappa shape index (κ3) is 3.24. The highest BCUT2D eigenvalue weighted by Gasteiger charge is 2.53. The summed E-state index contributed by atoms with van der Waals surface area (Å²) in [4.78, 5) is 23.4. The first-order valence-corrected chi connectivity index (χ1v) is 10.6. The number of furan rings is 1. The Morgan fingerprint density at radius 1 is 1.14 bits per heavy atom. The molecule has 1 atom stereocenters. The van der Waals surface area contributed by atoms with Crippen LogP contribution in [-0.2, 0) is 0 Å². The first-order valence-electron chi connectivity index (χ1n) is 10.6. The van der Waals surface area contributed by atoms with Crippen LogP contribution in [0.15, 0.2) is 40.8 Å². The standard InChI is InChI=1S/C23H26N2O4/c1-14(23-11-15-7-16(12-23)9-17(8-15)13-23)24-22(26)21-6-5-20(29-21)18-3-2-4-19(10-18)25(27)28/h2-6,10,14-17H,7-9,11-13H2,1H3,(H,24,26). The van der Waals surface area contributed by atoms with Crippen LogP contribution >= 0.6 is 0 Å². The van der Waals surface area contributed by atoms with Crippen molar-refractivity contribution in [2.75, 3.05) is 0 Å². The van der Waals surface area contributed by atoms with Gasteiger partial charge in [-0.15, -0.1) is 0 Å². The Hall–Kier alpha value is -2.63. The van der Waals surface area contributed by atoms with Gasteiger partial charge >= 0.3 is 0 Å². The van der Waals surface area contributed by atoms with Crippen molar-refractivity contribution in [2.45, 2.75) is 51.5 Å². The minimum atomic E-state index is -0.437. The first-order chi connectivity index (χ1) is 13.9. The first kappa shape index (κ1) is 18.4. The SMILES string of the molecule is CC(NC(=O)c1ccc(-c2cccc([N+](=O)[O-])c2)o1)C12CC3CC(CC(C3)C1)C2. The molecule has 1 aromatic heterocycles. The molecule has 6 heteroatoms. The van der Waals surface area contributed by atoms with Crippen LogP contribution in [0, 0.1) is 33.3 Å². The van der Waals surface area contributed by atoms with E-state index in [0.717, 1.165) is 17.8 Å². The van der Waals surface area contributed by atoms with Crippen molar-refractivity contribution in [3.05, 3.63) is 52.3 Å². The topological polar surface area (TPSA) is 85.4 Å². The number of benzene rings is 1. The van der Waals surface area contributed by atoms with Crippen molar-refractivity contribution in [1.82, 2.24) is 5.32 Å². The molecule has 0 saturated heterocycles. The van der Waals surface area contributed by atoms with Gasteiger partial charge in [0.05, 0.1) is 4.92 Å². The largest absolute Gasteiger partial charge is 0.451 e. The van der Waals surface area contributed by atoms with Gasteiger partial charge < -0.3 is 9.73 Å². The van der Waals surface area contributed by atoms with E-state index in [0.29, 0.717) is 11.3 Å². The fraction of sp³-hybridized carbons (Fsp3) is 0.522. The highest BCUT2D eigenvalue weighted by Crippen LogP contribution is 2.61. The van der Waals surface area contributed by atoms with Gasteiger partial charge in [0.25, 0.3) is 11.6 Å². The van der Waals surface area contributed by atoms with Crippen LogP contribution < -0.4 is 5.32 Å². The molecule has 2 aromatic rings. The van der Waals surface area contributed by atoms with Crippen molar-refractivity contribution >= 4 is 11.6 Å². The molecular weight excluding hydrogens is 368 g/mol.